The van der Waals surface area contributed by atoms with Gasteiger partial charge in [0.2, 0.25) is 0 Å². The number of ether oxygens (including phenoxy) is 2. The highest BCUT2D eigenvalue weighted by molar-refractivity contribution is 7.98. The molecule has 0 spiro atoms. The van der Waals surface area contributed by atoms with Gasteiger partial charge in [0.25, 0.3) is 0 Å². The van der Waals surface area contributed by atoms with Crippen molar-refractivity contribution in [2.75, 3.05) is 6.26 Å². The Hall–Kier alpha value is -2.14. The zero-order chi connectivity index (χ0) is 15.2. The van der Waals surface area contributed by atoms with Crippen LogP contribution in [0.25, 0.3) is 0 Å². The van der Waals surface area contributed by atoms with Crippen LogP contribution in [0.5, 0.6) is 17.2 Å². The topological polar surface area (TPSA) is 55.8 Å². The molecule has 0 radical (unpaired) electrons. The molecule has 0 aliphatic heterocycles. The van der Waals surface area contributed by atoms with Gasteiger partial charge in [-0.05, 0) is 61.7 Å². The lowest BCUT2D eigenvalue weighted by molar-refractivity contribution is -0.144. The van der Waals surface area contributed by atoms with Crippen molar-refractivity contribution in [2.24, 2.45) is 0 Å². The molecule has 2 aromatic carbocycles. The molecule has 4 nitrogen and oxygen atoms in total. The molecule has 0 fully saturated rings. The zero-order valence-electron chi connectivity index (χ0n) is 11.8. The van der Waals surface area contributed by atoms with Crippen molar-refractivity contribution in [1.29, 1.82) is 0 Å². The van der Waals surface area contributed by atoms with Crippen molar-refractivity contribution in [1.82, 2.24) is 0 Å². The Morgan fingerprint density at radius 2 is 1.48 bits per heavy atom. The average Bonchev–Trinajstić information content (AvgIpc) is 2.50. The van der Waals surface area contributed by atoms with Gasteiger partial charge in [0.15, 0.2) is 6.10 Å². The number of thioether (sulfide) groups is 1. The maximum absolute atomic E-state index is 10.7. The highest BCUT2D eigenvalue weighted by Crippen LogP contribution is 2.26. The molecule has 0 bridgehead atoms. The summed E-state index contributed by atoms with van der Waals surface area (Å²) in [6.45, 7) is 1.49. The van der Waals surface area contributed by atoms with Crippen LogP contribution in [-0.2, 0) is 4.79 Å². The van der Waals surface area contributed by atoms with E-state index < -0.39 is 12.1 Å². The molecule has 0 amide bonds. The van der Waals surface area contributed by atoms with Crippen molar-refractivity contribution < 1.29 is 19.4 Å². The van der Waals surface area contributed by atoms with E-state index in [0.29, 0.717) is 11.5 Å². The summed E-state index contributed by atoms with van der Waals surface area (Å²) in [7, 11) is 0. The van der Waals surface area contributed by atoms with Crippen LogP contribution in [0.1, 0.15) is 6.92 Å². The maximum Gasteiger partial charge on any atom is 0.344 e. The lowest BCUT2D eigenvalue weighted by Crippen LogP contribution is -2.22. The fraction of sp³-hybridized carbons (Fsp3) is 0.188. The van der Waals surface area contributed by atoms with Gasteiger partial charge in [-0.15, -0.1) is 11.8 Å². The molecule has 110 valence electrons. The molecule has 0 aromatic heterocycles. The SMILES string of the molecule is CSc1ccc(Oc2ccc(OC(C)C(=O)O)cc2)cc1. The number of hydrogen-bond donors (Lipinski definition) is 1. The first-order valence-corrected chi connectivity index (χ1v) is 7.62. The summed E-state index contributed by atoms with van der Waals surface area (Å²) in [5, 5.41) is 8.78. The van der Waals surface area contributed by atoms with Crippen LogP contribution in [-0.4, -0.2) is 23.4 Å². The number of carboxylic acid groups (broad SMARTS) is 1. The minimum atomic E-state index is -0.996. The van der Waals surface area contributed by atoms with E-state index in [1.165, 1.54) is 11.8 Å². The van der Waals surface area contributed by atoms with Crippen molar-refractivity contribution in [3.63, 3.8) is 0 Å². The van der Waals surface area contributed by atoms with Crippen LogP contribution in [0.2, 0.25) is 0 Å². The molecule has 1 N–H and O–H groups in total. The fourth-order valence-electron chi connectivity index (χ4n) is 1.62. The van der Waals surface area contributed by atoms with E-state index in [1.54, 1.807) is 36.0 Å². The largest absolute Gasteiger partial charge is 0.479 e. The molecule has 5 heteroatoms. The summed E-state index contributed by atoms with van der Waals surface area (Å²) >= 11 is 1.67. The van der Waals surface area contributed by atoms with Gasteiger partial charge in [-0.1, -0.05) is 0 Å². The standard InChI is InChI=1S/C16H16O4S/c1-11(16(17)18)19-12-3-5-13(6-4-12)20-14-7-9-15(21-2)10-8-14/h3-11H,1-2H3,(H,17,18). The number of benzene rings is 2. The molecule has 0 saturated heterocycles. The Bertz CT molecular complexity index is 593. The summed E-state index contributed by atoms with van der Waals surface area (Å²) in [6, 6.07) is 14.7. The molecule has 1 unspecified atom stereocenters. The molecule has 2 rings (SSSR count). The average molecular weight is 304 g/mol. The van der Waals surface area contributed by atoms with E-state index in [1.807, 2.05) is 30.5 Å². The van der Waals surface area contributed by atoms with Crippen LogP contribution in [0.15, 0.2) is 53.4 Å². The summed E-state index contributed by atoms with van der Waals surface area (Å²) in [6.07, 6.45) is 1.14. The molecular formula is C16H16O4S. The first-order chi connectivity index (χ1) is 10.1. The number of aliphatic carboxylic acids is 1. The fourth-order valence-corrected chi connectivity index (χ4v) is 2.03. The third-order valence-corrected chi connectivity index (χ3v) is 3.52. The summed E-state index contributed by atoms with van der Waals surface area (Å²) < 4.78 is 11.0. The Balaban J connectivity index is 1.99. The second-order valence-electron chi connectivity index (χ2n) is 4.35. The maximum atomic E-state index is 10.7. The van der Waals surface area contributed by atoms with E-state index in [0.717, 1.165) is 5.75 Å². The second kappa shape index (κ2) is 7.04. The van der Waals surface area contributed by atoms with Gasteiger partial charge in [0, 0.05) is 4.90 Å². The highest BCUT2D eigenvalue weighted by atomic mass is 32.2. The van der Waals surface area contributed by atoms with Crippen molar-refractivity contribution in [3.8, 4) is 17.2 Å². The predicted molar refractivity (Wildman–Crippen MR) is 82.5 cm³/mol. The molecule has 21 heavy (non-hydrogen) atoms. The molecule has 2 aromatic rings. The van der Waals surface area contributed by atoms with E-state index in [9.17, 15) is 4.79 Å². The molecule has 0 heterocycles. The molecule has 0 aliphatic rings. The van der Waals surface area contributed by atoms with Crippen LogP contribution in [0, 0.1) is 0 Å². The zero-order valence-corrected chi connectivity index (χ0v) is 12.6. The summed E-state index contributed by atoms with van der Waals surface area (Å²) in [4.78, 5) is 11.9. The Labute approximate surface area is 127 Å². The third-order valence-electron chi connectivity index (χ3n) is 2.78. The first-order valence-electron chi connectivity index (χ1n) is 6.40. The quantitative estimate of drug-likeness (QED) is 0.816. The first kappa shape index (κ1) is 15.3. The van der Waals surface area contributed by atoms with Crippen LogP contribution >= 0.6 is 11.8 Å². The normalized spacial score (nSPS) is 11.7. The van der Waals surface area contributed by atoms with Gasteiger partial charge < -0.3 is 14.6 Å². The van der Waals surface area contributed by atoms with Gasteiger partial charge in [-0.2, -0.15) is 0 Å². The van der Waals surface area contributed by atoms with E-state index in [2.05, 4.69) is 0 Å². The number of carbonyl (C=O) groups is 1. The Kier molecular flexibility index (Phi) is 5.11. The van der Waals surface area contributed by atoms with Gasteiger partial charge in [-0.25, -0.2) is 4.79 Å². The summed E-state index contributed by atoms with van der Waals surface area (Å²) in [5.41, 5.74) is 0. The molecular weight excluding hydrogens is 288 g/mol. The minimum Gasteiger partial charge on any atom is -0.479 e. The van der Waals surface area contributed by atoms with Gasteiger partial charge in [0.1, 0.15) is 17.2 Å². The lowest BCUT2D eigenvalue weighted by Gasteiger charge is -2.11. The smallest absolute Gasteiger partial charge is 0.344 e. The highest BCUT2D eigenvalue weighted by Gasteiger charge is 2.12. The minimum absolute atomic E-state index is 0.495. The molecule has 0 saturated carbocycles. The van der Waals surface area contributed by atoms with E-state index in [-0.39, 0.29) is 0 Å². The Morgan fingerprint density at radius 3 is 1.95 bits per heavy atom. The van der Waals surface area contributed by atoms with Crippen LogP contribution in [0.3, 0.4) is 0 Å². The summed E-state index contributed by atoms with van der Waals surface area (Å²) in [5.74, 6) is 0.918. The number of hydrogen-bond acceptors (Lipinski definition) is 4. The second-order valence-corrected chi connectivity index (χ2v) is 5.23. The molecule has 1 atom stereocenters. The van der Waals surface area contributed by atoms with Gasteiger partial charge >= 0.3 is 5.97 Å². The number of rotatable bonds is 6. The Morgan fingerprint density at radius 1 is 1.00 bits per heavy atom. The monoisotopic (exact) mass is 304 g/mol. The third kappa shape index (κ3) is 4.43. The van der Waals surface area contributed by atoms with Crippen LogP contribution in [0.4, 0.5) is 0 Å². The number of carboxylic acids is 1. The predicted octanol–water partition coefficient (Wildman–Crippen LogP) is 4.05. The lowest BCUT2D eigenvalue weighted by atomic mass is 10.3. The van der Waals surface area contributed by atoms with Gasteiger partial charge in [0.05, 0.1) is 0 Å². The van der Waals surface area contributed by atoms with Crippen molar-refractivity contribution in [3.05, 3.63) is 48.5 Å². The van der Waals surface area contributed by atoms with Gasteiger partial charge in [-0.3, -0.25) is 0 Å². The van der Waals surface area contributed by atoms with Crippen molar-refractivity contribution >= 4 is 17.7 Å². The van der Waals surface area contributed by atoms with E-state index in [4.69, 9.17) is 14.6 Å². The van der Waals surface area contributed by atoms with Crippen molar-refractivity contribution in [2.45, 2.75) is 17.9 Å². The van der Waals surface area contributed by atoms with Crippen LogP contribution < -0.4 is 9.47 Å². The molecule has 0 aliphatic carbocycles. The van der Waals surface area contributed by atoms with E-state index >= 15 is 0 Å².